The molecule has 1 unspecified atom stereocenters. The molecule has 170 valence electrons. The number of carbonyl (C=O) groups excluding carboxylic acids is 2. The van der Waals surface area contributed by atoms with Crippen molar-refractivity contribution >= 4 is 17.4 Å². The van der Waals surface area contributed by atoms with Crippen LogP contribution in [0.1, 0.15) is 68.8 Å². The molecule has 1 heterocycles. The zero-order chi connectivity index (χ0) is 23.4. The van der Waals surface area contributed by atoms with Gasteiger partial charge in [-0.1, -0.05) is 69.3 Å². The maximum atomic E-state index is 13.1. The van der Waals surface area contributed by atoms with Crippen molar-refractivity contribution in [3.05, 3.63) is 76.4 Å². The van der Waals surface area contributed by atoms with E-state index in [4.69, 9.17) is 4.74 Å². The molecule has 2 aromatic carbocycles. The molecule has 0 aliphatic carbocycles. The van der Waals surface area contributed by atoms with Crippen LogP contribution in [0.15, 0.2) is 54.1 Å². The quantitative estimate of drug-likeness (QED) is 0.351. The Morgan fingerprint density at radius 1 is 1.00 bits per heavy atom. The van der Waals surface area contributed by atoms with Gasteiger partial charge in [0.1, 0.15) is 5.76 Å². The SMILES string of the molecule is CCc1ccc(/C(O)=C2/C(=O)C(=O)N(CCOC(C)C)C2c2ccc(C(C)C)cc2)cc1. The van der Waals surface area contributed by atoms with Crippen LogP contribution < -0.4 is 0 Å². The molecule has 1 atom stereocenters. The second kappa shape index (κ2) is 10.1. The predicted molar refractivity (Wildman–Crippen MR) is 126 cm³/mol. The first-order chi connectivity index (χ1) is 15.2. The van der Waals surface area contributed by atoms with E-state index >= 15 is 0 Å². The largest absolute Gasteiger partial charge is 0.507 e. The average Bonchev–Trinajstić information content (AvgIpc) is 3.03. The second-order valence-electron chi connectivity index (χ2n) is 8.78. The number of aliphatic hydroxyl groups is 1. The first-order valence-electron chi connectivity index (χ1n) is 11.3. The lowest BCUT2D eigenvalue weighted by atomic mass is 9.93. The van der Waals surface area contributed by atoms with Crippen molar-refractivity contribution in [2.24, 2.45) is 0 Å². The van der Waals surface area contributed by atoms with E-state index in [1.165, 1.54) is 10.5 Å². The minimum absolute atomic E-state index is 0.0210. The lowest BCUT2D eigenvalue weighted by Gasteiger charge is -2.26. The van der Waals surface area contributed by atoms with Crippen molar-refractivity contribution in [3.63, 3.8) is 0 Å². The van der Waals surface area contributed by atoms with Gasteiger partial charge in [0.05, 0.1) is 24.3 Å². The number of Topliss-reactive ketones (excluding diaryl/α,β-unsaturated/α-hetero) is 1. The lowest BCUT2D eigenvalue weighted by Crippen LogP contribution is -2.33. The Balaban J connectivity index is 2.07. The molecule has 1 amide bonds. The molecule has 5 nitrogen and oxygen atoms in total. The van der Waals surface area contributed by atoms with E-state index in [1.807, 2.05) is 50.2 Å². The Bertz CT molecular complexity index is 987. The summed E-state index contributed by atoms with van der Waals surface area (Å²) >= 11 is 0. The Kier molecular flexibility index (Phi) is 7.52. The van der Waals surface area contributed by atoms with Gasteiger partial charge in [0.15, 0.2) is 0 Å². The third kappa shape index (κ3) is 4.94. The minimum Gasteiger partial charge on any atom is -0.507 e. The number of carbonyl (C=O) groups is 2. The van der Waals surface area contributed by atoms with E-state index < -0.39 is 17.7 Å². The van der Waals surface area contributed by atoms with Crippen molar-refractivity contribution < 1.29 is 19.4 Å². The standard InChI is InChI=1S/C27H33NO4/c1-6-19-7-9-22(10-8-19)25(29)23-24(21-13-11-20(12-14-21)17(2)3)28(27(31)26(23)30)15-16-32-18(4)5/h7-14,17-18,24,29H,6,15-16H2,1-5H3/b25-23-. The van der Waals surface area contributed by atoms with Crippen molar-refractivity contribution in [1.29, 1.82) is 0 Å². The van der Waals surface area contributed by atoms with Gasteiger partial charge in [0, 0.05) is 12.1 Å². The summed E-state index contributed by atoms with van der Waals surface area (Å²) < 4.78 is 5.64. The highest BCUT2D eigenvalue weighted by atomic mass is 16.5. The van der Waals surface area contributed by atoms with Crippen LogP contribution >= 0.6 is 0 Å². The van der Waals surface area contributed by atoms with Crippen LogP contribution in [0.25, 0.3) is 5.76 Å². The average molecular weight is 436 g/mol. The van der Waals surface area contributed by atoms with Crippen molar-refractivity contribution in [3.8, 4) is 0 Å². The maximum absolute atomic E-state index is 13.1. The number of hydrogen-bond acceptors (Lipinski definition) is 4. The van der Waals surface area contributed by atoms with E-state index in [-0.39, 0.29) is 24.0 Å². The van der Waals surface area contributed by atoms with Gasteiger partial charge in [0.25, 0.3) is 11.7 Å². The van der Waals surface area contributed by atoms with Crippen molar-refractivity contribution in [2.45, 2.75) is 59.1 Å². The maximum Gasteiger partial charge on any atom is 0.295 e. The van der Waals surface area contributed by atoms with Gasteiger partial charge >= 0.3 is 0 Å². The molecule has 1 fully saturated rings. The summed E-state index contributed by atoms with van der Waals surface area (Å²) in [7, 11) is 0. The highest BCUT2D eigenvalue weighted by molar-refractivity contribution is 6.46. The number of aliphatic hydroxyl groups excluding tert-OH is 1. The van der Waals surface area contributed by atoms with Crippen LogP contribution in [0.2, 0.25) is 0 Å². The van der Waals surface area contributed by atoms with Gasteiger partial charge in [-0.3, -0.25) is 9.59 Å². The molecular formula is C27H33NO4. The van der Waals surface area contributed by atoms with Crippen molar-refractivity contribution in [2.75, 3.05) is 13.2 Å². The van der Waals surface area contributed by atoms with Crippen LogP contribution in [0.3, 0.4) is 0 Å². The highest BCUT2D eigenvalue weighted by Gasteiger charge is 2.45. The molecular weight excluding hydrogens is 402 g/mol. The molecule has 0 aromatic heterocycles. The number of ether oxygens (including phenoxy) is 1. The summed E-state index contributed by atoms with van der Waals surface area (Å²) in [4.78, 5) is 27.5. The molecule has 32 heavy (non-hydrogen) atoms. The zero-order valence-electron chi connectivity index (χ0n) is 19.6. The summed E-state index contributed by atoms with van der Waals surface area (Å²) in [6.07, 6.45) is 0.899. The number of likely N-dealkylation sites (tertiary alicyclic amines) is 1. The molecule has 0 saturated carbocycles. The Hall–Kier alpha value is -2.92. The van der Waals surface area contributed by atoms with Gasteiger partial charge in [0.2, 0.25) is 0 Å². The summed E-state index contributed by atoms with van der Waals surface area (Å²) in [5.74, 6) is -1.05. The van der Waals surface area contributed by atoms with Crippen LogP contribution in [0.5, 0.6) is 0 Å². The van der Waals surface area contributed by atoms with E-state index in [1.54, 1.807) is 12.1 Å². The van der Waals surface area contributed by atoms with Crippen molar-refractivity contribution in [1.82, 2.24) is 4.90 Å². The lowest BCUT2D eigenvalue weighted by molar-refractivity contribution is -0.140. The van der Waals surface area contributed by atoms with Crippen LogP contribution in [0, 0.1) is 0 Å². The molecule has 1 saturated heterocycles. The Morgan fingerprint density at radius 3 is 2.16 bits per heavy atom. The first-order valence-corrected chi connectivity index (χ1v) is 11.3. The Labute approximate surface area is 190 Å². The predicted octanol–water partition coefficient (Wildman–Crippen LogP) is 5.22. The highest BCUT2D eigenvalue weighted by Crippen LogP contribution is 2.39. The number of hydrogen-bond donors (Lipinski definition) is 1. The number of amides is 1. The van der Waals surface area contributed by atoms with Gasteiger partial charge < -0.3 is 14.7 Å². The number of rotatable bonds is 8. The molecule has 5 heteroatoms. The van der Waals surface area contributed by atoms with Crippen LogP contribution in [-0.2, 0) is 20.7 Å². The molecule has 0 radical (unpaired) electrons. The van der Waals surface area contributed by atoms with E-state index in [2.05, 4.69) is 20.8 Å². The number of nitrogens with zero attached hydrogens (tertiary/aromatic N) is 1. The fraction of sp³-hybridized carbons (Fsp3) is 0.407. The van der Waals surface area contributed by atoms with E-state index in [0.717, 1.165) is 17.5 Å². The number of aryl methyl sites for hydroxylation is 1. The first kappa shape index (κ1) is 23.7. The monoisotopic (exact) mass is 435 g/mol. The van der Waals surface area contributed by atoms with Gasteiger partial charge in [-0.2, -0.15) is 0 Å². The van der Waals surface area contributed by atoms with Gasteiger partial charge in [-0.25, -0.2) is 0 Å². The third-order valence-electron chi connectivity index (χ3n) is 5.88. The van der Waals surface area contributed by atoms with E-state index in [9.17, 15) is 14.7 Å². The molecule has 1 aliphatic heterocycles. The van der Waals surface area contributed by atoms with Gasteiger partial charge in [-0.05, 0) is 42.9 Å². The molecule has 3 rings (SSSR count). The summed E-state index contributed by atoms with van der Waals surface area (Å²) in [6, 6.07) is 14.7. The van der Waals surface area contributed by atoms with Gasteiger partial charge in [-0.15, -0.1) is 0 Å². The number of ketones is 1. The summed E-state index contributed by atoms with van der Waals surface area (Å²) in [5.41, 5.74) is 3.76. The second-order valence-corrected chi connectivity index (χ2v) is 8.78. The minimum atomic E-state index is -0.662. The zero-order valence-corrected chi connectivity index (χ0v) is 19.6. The summed E-state index contributed by atoms with van der Waals surface area (Å²) in [5, 5.41) is 11.1. The molecule has 0 spiro atoms. The molecule has 0 bridgehead atoms. The fourth-order valence-corrected chi connectivity index (χ4v) is 3.96. The topological polar surface area (TPSA) is 66.8 Å². The third-order valence-corrected chi connectivity index (χ3v) is 5.88. The Morgan fingerprint density at radius 2 is 1.62 bits per heavy atom. The summed E-state index contributed by atoms with van der Waals surface area (Å²) in [6.45, 7) is 10.7. The van der Waals surface area contributed by atoms with E-state index in [0.29, 0.717) is 18.1 Å². The number of benzene rings is 2. The molecule has 1 aliphatic rings. The fourth-order valence-electron chi connectivity index (χ4n) is 3.96. The normalized spacial score (nSPS) is 18.2. The molecule has 2 aromatic rings. The smallest absolute Gasteiger partial charge is 0.295 e. The van der Waals surface area contributed by atoms with Crippen LogP contribution in [0.4, 0.5) is 0 Å². The molecule has 1 N–H and O–H groups in total. The van der Waals surface area contributed by atoms with Crippen LogP contribution in [-0.4, -0.2) is 41.0 Å².